The number of piperazine rings is 1. The first-order valence-electron chi connectivity index (χ1n) is 15.8. The van der Waals surface area contributed by atoms with Crippen LogP contribution in [0.2, 0.25) is 0 Å². The predicted molar refractivity (Wildman–Crippen MR) is 182 cm³/mol. The quantitative estimate of drug-likeness (QED) is 0.0829. The Balaban J connectivity index is 1.22. The zero-order chi connectivity index (χ0) is 35.4. The molecule has 0 saturated carbocycles. The molecule has 2 heterocycles. The van der Waals surface area contributed by atoms with Crippen molar-refractivity contribution in [3.05, 3.63) is 165 Å². The van der Waals surface area contributed by atoms with Gasteiger partial charge < -0.3 is 19.5 Å². The van der Waals surface area contributed by atoms with Crippen molar-refractivity contribution in [1.82, 2.24) is 9.47 Å². The zero-order valence-corrected chi connectivity index (χ0v) is 26.7. The molecule has 1 saturated heterocycles. The number of hydrogen-bond acceptors (Lipinski definition) is 5. The summed E-state index contributed by atoms with van der Waals surface area (Å²) in [5.41, 5.74) is 1.47. The molecule has 0 aliphatic carbocycles. The standard InChI is InChI=1S/C39H31F4N3O4/c40-29-20-34(42)31(35(43)21-29)17-25-18-32(38(49)46(23-25)24-28-9-4-5-12-33(28)41)36(47)22-37(48)39(50)45-15-13-44(14-16-45)30-11-6-10-27(19-30)26-7-2-1-3-8-26/h1-12,18-23,47H,13-17,24H2. The Labute approximate surface area is 285 Å². The van der Waals surface area contributed by atoms with Gasteiger partial charge in [0.1, 0.15) is 29.0 Å². The summed E-state index contributed by atoms with van der Waals surface area (Å²) in [6.45, 7) is 1.04. The van der Waals surface area contributed by atoms with Crippen LogP contribution in [0.3, 0.4) is 0 Å². The van der Waals surface area contributed by atoms with Crippen molar-refractivity contribution in [2.45, 2.75) is 13.0 Å². The van der Waals surface area contributed by atoms with Crippen LogP contribution in [-0.2, 0) is 22.6 Å². The molecule has 4 aromatic carbocycles. The van der Waals surface area contributed by atoms with Crippen LogP contribution in [0.4, 0.5) is 23.2 Å². The predicted octanol–water partition coefficient (Wildman–Crippen LogP) is 6.53. The minimum atomic E-state index is -1.17. The van der Waals surface area contributed by atoms with E-state index in [1.807, 2.05) is 48.5 Å². The smallest absolute Gasteiger partial charge is 0.294 e. The number of carbonyl (C=O) groups excluding carboxylic acids is 2. The van der Waals surface area contributed by atoms with Crippen molar-refractivity contribution in [3.8, 4) is 11.1 Å². The molecular weight excluding hydrogens is 650 g/mol. The van der Waals surface area contributed by atoms with Crippen LogP contribution in [0.1, 0.15) is 22.3 Å². The molecule has 254 valence electrons. The molecule has 1 N–H and O–H groups in total. The summed E-state index contributed by atoms with van der Waals surface area (Å²) >= 11 is 0. The van der Waals surface area contributed by atoms with Gasteiger partial charge in [0.2, 0.25) is 5.78 Å². The van der Waals surface area contributed by atoms with E-state index < -0.39 is 63.8 Å². The van der Waals surface area contributed by atoms with Crippen LogP contribution < -0.4 is 10.5 Å². The third kappa shape index (κ3) is 7.52. The second-order valence-corrected chi connectivity index (χ2v) is 11.9. The van der Waals surface area contributed by atoms with Gasteiger partial charge in [-0.2, -0.15) is 0 Å². The minimum Gasteiger partial charge on any atom is -0.507 e. The number of amides is 1. The highest BCUT2D eigenvalue weighted by atomic mass is 19.1. The lowest BCUT2D eigenvalue weighted by Crippen LogP contribution is -2.50. The van der Waals surface area contributed by atoms with Gasteiger partial charge in [-0.3, -0.25) is 14.4 Å². The molecule has 1 aliphatic heterocycles. The van der Waals surface area contributed by atoms with Crippen molar-refractivity contribution in [1.29, 1.82) is 0 Å². The highest BCUT2D eigenvalue weighted by molar-refractivity contribution is 6.41. The molecule has 1 aliphatic rings. The second-order valence-electron chi connectivity index (χ2n) is 11.9. The Kier molecular flexibility index (Phi) is 9.94. The van der Waals surface area contributed by atoms with Crippen LogP contribution in [-0.4, -0.2) is 52.4 Å². The number of aliphatic hydroxyl groups excluding tert-OH is 1. The lowest BCUT2D eigenvalue weighted by Gasteiger charge is -2.35. The summed E-state index contributed by atoms with van der Waals surface area (Å²) in [6.07, 6.45) is 1.39. The van der Waals surface area contributed by atoms with Gasteiger partial charge in [0.15, 0.2) is 0 Å². The highest BCUT2D eigenvalue weighted by Crippen LogP contribution is 2.26. The van der Waals surface area contributed by atoms with Gasteiger partial charge in [-0.05, 0) is 41.0 Å². The number of benzene rings is 4. The molecule has 0 spiro atoms. The minimum absolute atomic E-state index is 0.0894. The molecule has 1 fully saturated rings. The molecule has 0 unspecified atom stereocenters. The Morgan fingerprint density at radius 2 is 1.40 bits per heavy atom. The second kappa shape index (κ2) is 14.7. The molecule has 1 amide bonds. The van der Waals surface area contributed by atoms with E-state index in [1.165, 1.54) is 29.3 Å². The number of rotatable bonds is 9. The monoisotopic (exact) mass is 681 g/mol. The summed E-state index contributed by atoms with van der Waals surface area (Å²) in [7, 11) is 0. The number of hydrogen-bond donors (Lipinski definition) is 1. The summed E-state index contributed by atoms with van der Waals surface area (Å²) in [4.78, 5) is 43.2. The van der Waals surface area contributed by atoms with E-state index in [-0.39, 0.29) is 30.8 Å². The maximum atomic E-state index is 14.5. The normalized spacial score (nSPS) is 13.4. The molecule has 1 aromatic heterocycles. The average molecular weight is 682 g/mol. The summed E-state index contributed by atoms with van der Waals surface area (Å²) in [6, 6.07) is 25.7. The lowest BCUT2D eigenvalue weighted by molar-refractivity contribution is -0.142. The van der Waals surface area contributed by atoms with Crippen molar-refractivity contribution in [2.75, 3.05) is 31.1 Å². The molecule has 7 nitrogen and oxygen atoms in total. The SMILES string of the molecule is O=C(C=C(O)c1cc(Cc2c(F)cc(F)cc2F)cn(Cc2ccccc2F)c1=O)C(=O)N1CCN(c2cccc(-c3ccccc3)c2)CC1. The van der Waals surface area contributed by atoms with Crippen molar-refractivity contribution in [3.63, 3.8) is 0 Å². The first-order valence-corrected chi connectivity index (χ1v) is 15.8. The Morgan fingerprint density at radius 1 is 0.740 bits per heavy atom. The third-order valence-corrected chi connectivity index (χ3v) is 8.57. The van der Waals surface area contributed by atoms with Gasteiger partial charge >= 0.3 is 0 Å². The topological polar surface area (TPSA) is 82.8 Å². The van der Waals surface area contributed by atoms with Crippen LogP contribution in [0.15, 0.2) is 114 Å². The number of aromatic nitrogens is 1. The van der Waals surface area contributed by atoms with Crippen molar-refractivity contribution >= 4 is 23.1 Å². The number of nitrogens with zero attached hydrogens (tertiary/aromatic N) is 3. The molecule has 0 bridgehead atoms. The van der Waals surface area contributed by atoms with E-state index in [0.717, 1.165) is 27.4 Å². The number of anilines is 1. The average Bonchev–Trinajstić information content (AvgIpc) is 3.12. The zero-order valence-electron chi connectivity index (χ0n) is 26.7. The summed E-state index contributed by atoms with van der Waals surface area (Å²) in [5, 5.41) is 11.0. The van der Waals surface area contributed by atoms with Gasteiger partial charge in [-0.15, -0.1) is 0 Å². The fourth-order valence-corrected chi connectivity index (χ4v) is 5.95. The van der Waals surface area contributed by atoms with Gasteiger partial charge in [-0.1, -0.05) is 60.7 Å². The number of pyridine rings is 1. The Bertz CT molecular complexity index is 2140. The first-order chi connectivity index (χ1) is 24.1. The molecule has 11 heteroatoms. The summed E-state index contributed by atoms with van der Waals surface area (Å²) in [5.74, 6) is -6.88. The van der Waals surface area contributed by atoms with Crippen LogP contribution in [0, 0.1) is 23.3 Å². The van der Waals surface area contributed by atoms with Crippen molar-refractivity contribution < 1.29 is 32.3 Å². The van der Waals surface area contributed by atoms with E-state index in [1.54, 1.807) is 6.07 Å². The Morgan fingerprint density at radius 3 is 2.10 bits per heavy atom. The van der Waals surface area contributed by atoms with E-state index in [2.05, 4.69) is 11.0 Å². The third-order valence-electron chi connectivity index (χ3n) is 8.57. The fraction of sp³-hybridized carbons (Fsp3) is 0.154. The molecule has 5 aromatic rings. The van der Waals surface area contributed by atoms with Gasteiger partial charge in [0.05, 0.1) is 12.1 Å². The maximum absolute atomic E-state index is 14.5. The number of carbonyl (C=O) groups is 2. The van der Waals surface area contributed by atoms with Crippen LogP contribution in [0.25, 0.3) is 16.9 Å². The van der Waals surface area contributed by atoms with E-state index in [9.17, 15) is 37.1 Å². The van der Waals surface area contributed by atoms with E-state index in [0.29, 0.717) is 31.3 Å². The Hall–Kier alpha value is -5.97. The lowest BCUT2D eigenvalue weighted by atomic mass is 10.0. The van der Waals surface area contributed by atoms with Gasteiger partial charge in [-0.25, -0.2) is 17.6 Å². The fourth-order valence-electron chi connectivity index (χ4n) is 5.95. The van der Waals surface area contributed by atoms with Gasteiger partial charge in [0.25, 0.3) is 11.5 Å². The van der Waals surface area contributed by atoms with E-state index in [4.69, 9.17) is 0 Å². The largest absolute Gasteiger partial charge is 0.507 e. The van der Waals surface area contributed by atoms with Gasteiger partial charge in [0, 0.05) is 73.8 Å². The molecule has 6 rings (SSSR count). The van der Waals surface area contributed by atoms with E-state index >= 15 is 0 Å². The number of ketones is 1. The first kappa shape index (κ1) is 33.9. The molecular formula is C39H31F4N3O4. The van der Waals surface area contributed by atoms with Crippen LogP contribution >= 0.6 is 0 Å². The molecule has 0 atom stereocenters. The number of aliphatic hydroxyl groups is 1. The number of halogens is 4. The molecule has 50 heavy (non-hydrogen) atoms. The van der Waals surface area contributed by atoms with Crippen LogP contribution in [0.5, 0.6) is 0 Å². The van der Waals surface area contributed by atoms with Crippen molar-refractivity contribution in [2.24, 2.45) is 0 Å². The maximum Gasteiger partial charge on any atom is 0.294 e. The molecule has 0 radical (unpaired) electrons. The highest BCUT2D eigenvalue weighted by Gasteiger charge is 2.26. The summed E-state index contributed by atoms with van der Waals surface area (Å²) < 4.78 is 58.1.